The fourth-order valence-corrected chi connectivity index (χ4v) is 2.67. The predicted molar refractivity (Wildman–Crippen MR) is 64.4 cm³/mol. The molecule has 1 aromatic carbocycles. The molecule has 1 aromatic rings. The quantitative estimate of drug-likeness (QED) is 0.850. The first kappa shape index (κ1) is 14.0. The number of benzene rings is 1. The van der Waals surface area contributed by atoms with Gasteiger partial charge in [0.2, 0.25) is 10.0 Å². The second-order valence-electron chi connectivity index (χ2n) is 3.56. The highest BCUT2D eigenvalue weighted by Gasteiger charge is 2.23. The first-order chi connectivity index (χ1) is 7.97. The molecule has 0 aliphatic rings. The van der Waals surface area contributed by atoms with Crippen LogP contribution >= 0.6 is 0 Å². The van der Waals surface area contributed by atoms with Crippen LogP contribution in [0.5, 0.6) is 5.75 Å². The van der Waals surface area contributed by atoms with Gasteiger partial charge in [0.25, 0.3) is 0 Å². The lowest BCUT2D eigenvalue weighted by molar-refractivity contribution is 0.280. The molecular weight excluding hydrogens is 242 g/mol. The van der Waals surface area contributed by atoms with Gasteiger partial charge in [0, 0.05) is 13.6 Å². The topological polar surface area (TPSA) is 66.8 Å². The van der Waals surface area contributed by atoms with E-state index in [-0.39, 0.29) is 17.3 Å². The first-order valence-corrected chi connectivity index (χ1v) is 6.65. The molecule has 0 radical (unpaired) electrons. The van der Waals surface area contributed by atoms with Crippen molar-refractivity contribution >= 4 is 10.0 Å². The molecule has 1 N–H and O–H groups in total. The molecule has 6 heteroatoms. The molecular formula is C11H17NO4S. The second-order valence-corrected chi connectivity index (χ2v) is 5.58. The summed E-state index contributed by atoms with van der Waals surface area (Å²) in [5, 5.41) is 8.99. The number of rotatable bonds is 5. The minimum absolute atomic E-state index is 0.113. The summed E-state index contributed by atoms with van der Waals surface area (Å²) in [5.74, 6) is 0.247. The smallest absolute Gasteiger partial charge is 0.246 e. The van der Waals surface area contributed by atoms with Gasteiger partial charge in [0.15, 0.2) is 0 Å². The molecule has 1 rings (SSSR count). The Kier molecular flexibility index (Phi) is 4.50. The summed E-state index contributed by atoms with van der Waals surface area (Å²) >= 11 is 0. The molecule has 0 aromatic heterocycles. The van der Waals surface area contributed by atoms with Gasteiger partial charge in [-0.25, -0.2) is 12.7 Å². The Hall–Kier alpha value is -1.11. The highest BCUT2D eigenvalue weighted by Crippen LogP contribution is 2.27. The summed E-state index contributed by atoms with van der Waals surface area (Å²) in [4.78, 5) is 0.113. The lowest BCUT2D eigenvalue weighted by atomic mass is 10.2. The Morgan fingerprint density at radius 3 is 2.53 bits per heavy atom. The standard InChI is InChI=1S/C11H17NO4S/c1-4-12(2)17(14,15)11-6-5-9(8-13)7-10(11)16-3/h5-7,13H,4,8H2,1-3H3. The van der Waals surface area contributed by atoms with Crippen LogP contribution in [-0.4, -0.2) is 38.5 Å². The molecule has 0 atom stereocenters. The van der Waals surface area contributed by atoms with Crippen molar-refractivity contribution in [2.75, 3.05) is 20.7 Å². The van der Waals surface area contributed by atoms with Crippen molar-refractivity contribution in [1.82, 2.24) is 4.31 Å². The Morgan fingerprint density at radius 1 is 1.41 bits per heavy atom. The Labute approximate surface area is 102 Å². The summed E-state index contributed by atoms with van der Waals surface area (Å²) < 4.78 is 30.5. The summed E-state index contributed by atoms with van der Waals surface area (Å²) in [7, 11) is -0.617. The summed E-state index contributed by atoms with van der Waals surface area (Å²) in [5.41, 5.74) is 0.611. The van der Waals surface area contributed by atoms with Crippen LogP contribution in [0.15, 0.2) is 23.1 Å². The van der Waals surface area contributed by atoms with Crippen molar-refractivity contribution in [3.63, 3.8) is 0 Å². The predicted octanol–water partition coefficient (Wildman–Crippen LogP) is 0.828. The molecule has 0 fully saturated rings. The van der Waals surface area contributed by atoms with E-state index in [1.165, 1.54) is 30.6 Å². The van der Waals surface area contributed by atoms with E-state index in [0.29, 0.717) is 12.1 Å². The van der Waals surface area contributed by atoms with Gasteiger partial charge in [-0.2, -0.15) is 0 Å². The zero-order chi connectivity index (χ0) is 13.1. The minimum atomic E-state index is -3.53. The number of hydrogen-bond donors (Lipinski definition) is 1. The number of nitrogens with zero attached hydrogens (tertiary/aromatic N) is 1. The van der Waals surface area contributed by atoms with Crippen LogP contribution < -0.4 is 4.74 Å². The molecule has 0 aliphatic heterocycles. The molecule has 17 heavy (non-hydrogen) atoms. The van der Waals surface area contributed by atoms with E-state index in [1.54, 1.807) is 13.0 Å². The van der Waals surface area contributed by atoms with Gasteiger partial charge >= 0.3 is 0 Å². The third kappa shape index (κ3) is 2.77. The van der Waals surface area contributed by atoms with E-state index in [9.17, 15) is 8.42 Å². The molecule has 0 aliphatic carbocycles. The van der Waals surface area contributed by atoms with Gasteiger partial charge in [0.1, 0.15) is 10.6 Å². The van der Waals surface area contributed by atoms with Crippen LogP contribution in [0.1, 0.15) is 12.5 Å². The third-order valence-corrected chi connectivity index (χ3v) is 4.52. The van der Waals surface area contributed by atoms with Crippen molar-refractivity contribution < 1.29 is 18.3 Å². The van der Waals surface area contributed by atoms with Crippen molar-refractivity contribution in [2.24, 2.45) is 0 Å². The molecule has 96 valence electrons. The SMILES string of the molecule is CCN(C)S(=O)(=O)c1ccc(CO)cc1OC. The number of aliphatic hydroxyl groups is 1. The molecule has 0 saturated heterocycles. The van der Waals surface area contributed by atoms with Gasteiger partial charge in [-0.1, -0.05) is 13.0 Å². The highest BCUT2D eigenvalue weighted by molar-refractivity contribution is 7.89. The van der Waals surface area contributed by atoms with Crippen LogP contribution in [0.2, 0.25) is 0 Å². The maximum atomic E-state index is 12.1. The maximum absolute atomic E-state index is 12.1. The average molecular weight is 259 g/mol. The fourth-order valence-electron chi connectivity index (χ4n) is 1.36. The summed E-state index contributed by atoms with van der Waals surface area (Å²) in [6.45, 7) is 1.99. The van der Waals surface area contributed by atoms with Crippen LogP contribution in [0.25, 0.3) is 0 Å². The van der Waals surface area contributed by atoms with Crippen molar-refractivity contribution in [2.45, 2.75) is 18.4 Å². The lowest BCUT2D eigenvalue weighted by Crippen LogP contribution is -2.26. The van der Waals surface area contributed by atoms with Gasteiger partial charge in [-0.3, -0.25) is 0 Å². The molecule has 0 spiro atoms. The number of methoxy groups -OCH3 is 1. The van der Waals surface area contributed by atoms with Gasteiger partial charge in [-0.05, 0) is 17.7 Å². The van der Waals surface area contributed by atoms with E-state index >= 15 is 0 Å². The van der Waals surface area contributed by atoms with Gasteiger partial charge in [0.05, 0.1) is 13.7 Å². The molecule has 0 saturated carbocycles. The van der Waals surface area contributed by atoms with E-state index in [1.807, 2.05) is 0 Å². The average Bonchev–Trinajstić information content (AvgIpc) is 2.36. The van der Waals surface area contributed by atoms with E-state index < -0.39 is 10.0 Å². The lowest BCUT2D eigenvalue weighted by Gasteiger charge is -2.17. The highest BCUT2D eigenvalue weighted by atomic mass is 32.2. The fraction of sp³-hybridized carbons (Fsp3) is 0.455. The van der Waals surface area contributed by atoms with Crippen LogP contribution in [0.3, 0.4) is 0 Å². The van der Waals surface area contributed by atoms with Crippen LogP contribution in [0.4, 0.5) is 0 Å². The third-order valence-electron chi connectivity index (χ3n) is 2.54. The Morgan fingerprint density at radius 2 is 2.06 bits per heavy atom. The molecule has 0 heterocycles. The van der Waals surface area contributed by atoms with Gasteiger partial charge in [-0.15, -0.1) is 0 Å². The van der Waals surface area contributed by atoms with Crippen LogP contribution in [0, 0.1) is 0 Å². The largest absolute Gasteiger partial charge is 0.495 e. The molecule has 0 bridgehead atoms. The van der Waals surface area contributed by atoms with Crippen molar-refractivity contribution in [1.29, 1.82) is 0 Å². The number of ether oxygens (including phenoxy) is 1. The van der Waals surface area contributed by atoms with E-state index in [0.717, 1.165) is 0 Å². The number of aliphatic hydroxyl groups excluding tert-OH is 1. The zero-order valence-corrected chi connectivity index (χ0v) is 11.0. The second kappa shape index (κ2) is 5.48. The zero-order valence-electron chi connectivity index (χ0n) is 10.2. The minimum Gasteiger partial charge on any atom is -0.495 e. The van der Waals surface area contributed by atoms with Crippen LogP contribution in [-0.2, 0) is 16.6 Å². The van der Waals surface area contributed by atoms with E-state index in [2.05, 4.69) is 0 Å². The number of hydrogen-bond acceptors (Lipinski definition) is 4. The van der Waals surface area contributed by atoms with Crippen molar-refractivity contribution in [3.05, 3.63) is 23.8 Å². The van der Waals surface area contributed by atoms with E-state index in [4.69, 9.17) is 9.84 Å². The van der Waals surface area contributed by atoms with Gasteiger partial charge < -0.3 is 9.84 Å². The molecule has 0 amide bonds. The summed E-state index contributed by atoms with van der Waals surface area (Å²) in [6.07, 6.45) is 0. The molecule has 0 unspecified atom stereocenters. The first-order valence-electron chi connectivity index (χ1n) is 5.21. The maximum Gasteiger partial charge on any atom is 0.246 e. The normalized spacial score (nSPS) is 11.8. The van der Waals surface area contributed by atoms with Crippen molar-refractivity contribution in [3.8, 4) is 5.75 Å². The monoisotopic (exact) mass is 259 g/mol. The number of sulfonamides is 1. The summed E-state index contributed by atoms with van der Waals surface area (Å²) in [6, 6.07) is 4.54. The Balaban J connectivity index is 3.32. The Bertz CT molecular complexity index is 484. The molecule has 5 nitrogen and oxygen atoms in total.